The van der Waals surface area contributed by atoms with Crippen LogP contribution in [0.3, 0.4) is 0 Å². The van der Waals surface area contributed by atoms with Crippen molar-refractivity contribution in [1.29, 1.82) is 5.41 Å². The summed E-state index contributed by atoms with van der Waals surface area (Å²) in [6.07, 6.45) is 0. The topological polar surface area (TPSA) is 79.0 Å². The van der Waals surface area contributed by atoms with Crippen LogP contribution in [0.25, 0.3) is 0 Å². The zero-order valence-electron chi connectivity index (χ0n) is 6.29. The van der Waals surface area contributed by atoms with Crippen molar-refractivity contribution in [2.24, 2.45) is 5.73 Å². The largest absolute Gasteiger partial charge is 0.351 e. The first-order valence-electron chi connectivity index (χ1n) is 3.31. The van der Waals surface area contributed by atoms with E-state index in [2.05, 4.69) is 11.4 Å². The van der Waals surface area contributed by atoms with Gasteiger partial charge in [-0.25, -0.2) is 4.79 Å². The van der Waals surface area contributed by atoms with E-state index in [-0.39, 0.29) is 5.84 Å². The Morgan fingerprint density at radius 2 is 2.08 bits per heavy atom. The molecule has 0 saturated heterocycles. The minimum Gasteiger partial charge on any atom is -0.351 e. The van der Waals surface area contributed by atoms with Crippen LogP contribution in [0.5, 0.6) is 0 Å². The molecule has 0 unspecified atom stereocenters. The lowest BCUT2D eigenvalue weighted by Gasteiger charge is -2.02. The number of amides is 2. The molecule has 0 aromatic heterocycles. The van der Waals surface area contributed by atoms with Crippen LogP contribution >= 0.6 is 0 Å². The highest BCUT2D eigenvalue weighted by molar-refractivity contribution is 6.05. The molecule has 1 rings (SSSR count). The van der Waals surface area contributed by atoms with Gasteiger partial charge in [0.2, 0.25) is 0 Å². The molecule has 0 atom stereocenters. The molecule has 4 nitrogen and oxygen atoms in total. The maximum absolute atomic E-state index is 10.3. The Morgan fingerprint density at radius 1 is 1.50 bits per heavy atom. The van der Waals surface area contributed by atoms with E-state index in [0.717, 1.165) is 0 Å². The summed E-state index contributed by atoms with van der Waals surface area (Å²) in [4.78, 5) is 10.3. The zero-order valence-corrected chi connectivity index (χ0v) is 6.29. The maximum atomic E-state index is 10.3. The van der Waals surface area contributed by atoms with Crippen LogP contribution in [0.2, 0.25) is 0 Å². The monoisotopic (exact) mass is 162 g/mol. The number of hydrogen-bond donors (Lipinski definition) is 3. The predicted octanol–water partition coefficient (Wildman–Crippen LogP) is 0.480. The van der Waals surface area contributed by atoms with Crippen molar-refractivity contribution in [3.63, 3.8) is 0 Å². The minimum atomic E-state index is -0.729. The number of nitrogens with one attached hydrogen (secondary N) is 2. The van der Waals surface area contributed by atoms with Crippen LogP contribution in [0, 0.1) is 11.5 Å². The van der Waals surface area contributed by atoms with Crippen LogP contribution < -0.4 is 11.1 Å². The number of primary amides is 1. The second-order valence-corrected chi connectivity index (χ2v) is 2.15. The Morgan fingerprint density at radius 3 is 2.58 bits per heavy atom. The first-order valence-corrected chi connectivity index (χ1v) is 3.31. The Hall–Kier alpha value is -1.84. The Bertz CT molecular complexity index is 294. The van der Waals surface area contributed by atoms with E-state index in [4.69, 9.17) is 11.1 Å². The standard InChI is InChI=1S/C8H8N3O/c9-7(11-8(10)12)6-4-2-1-3-5-6/h2-5H,(H4,9,10,11,12). The minimum absolute atomic E-state index is 0.00324. The lowest BCUT2D eigenvalue weighted by molar-refractivity contribution is 0.253. The smallest absolute Gasteiger partial charge is 0.317 e. The number of carbonyl (C=O) groups excluding carboxylic acids is 1. The Balaban J connectivity index is 2.73. The summed E-state index contributed by atoms with van der Waals surface area (Å²) >= 11 is 0. The number of benzene rings is 1. The molecule has 0 saturated carbocycles. The van der Waals surface area contributed by atoms with E-state index in [9.17, 15) is 4.79 Å². The highest BCUT2D eigenvalue weighted by atomic mass is 16.2. The molecule has 0 fully saturated rings. The molecule has 61 valence electrons. The summed E-state index contributed by atoms with van der Waals surface area (Å²) < 4.78 is 0. The van der Waals surface area contributed by atoms with Crippen LogP contribution in [0.15, 0.2) is 24.3 Å². The van der Waals surface area contributed by atoms with Gasteiger partial charge in [-0.05, 0) is 6.07 Å². The lowest BCUT2D eigenvalue weighted by Crippen LogP contribution is -2.34. The predicted molar refractivity (Wildman–Crippen MR) is 44.8 cm³/mol. The maximum Gasteiger partial charge on any atom is 0.317 e. The van der Waals surface area contributed by atoms with E-state index < -0.39 is 6.03 Å². The van der Waals surface area contributed by atoms with Gasteiger partial charge in [0.1, 0.15) is 5.84 Å². The van der Waals surface area contributed by atoms with Crippen molar-refractivity contribution in [3.8, 4) is 0 Å². The number of urea groups is 1. The van der Waals surface area contributed by atoms with Crippen molar-refractivity contribution >= 4 is 11.9 Å². The molecule has 12 heavy (non-hydrogen) atoms. The first-order chi connectivity index (χ1) is 5.70. The quantitative estimate of drug-likeness (QED) is 0.407. The van der Waals surface area contributed by atoms with E-state index in [1.165, 1.54) is 0 Å². The second kappa shape index (κ2) is 3.52. The lowest BCUT2D eigenvalue weighted by atomic mass is 10.2. The van der Waals surface area contributed by atoms with Gasteiger partial charge in [0.25, 0.3) is 0 Å². The molecule has 4 N–H and O–H groups in total. The Labute approximate surface area is 69.9 Å². The van der Waals surface area contributed by atoms with E-state index >= 15 is 0 Å². The van der Waals surface area contributed by atoms with Gasteiger partial charge in [-0.15, -0.1) is 0 Å². The van der Waals surface area contributed by atoms with Crippen molar-refractivity contribution in [2.45, 2.75) is 0 Å². The molecule has 0 aliphatic rings. The van der Waals surface area contributed by atoms with Gasteiger partial charge in [0.05, 0.1) is 0 Å². The van der Waals surface area contributed by atoms with Crippen molar-refractivity contribution in [3.05, 3.63) is 35.9 Å². The highest BCUT2D eigenvalue weighted by Crippen LogP contribution is 1.96. The molecule has 2 amide bonds. The molecular weight excluding hydrogens is 154 g/mol. The zero-order chi connectivity index (χ0) is 8.97. The van der Waals surface area contributed by atoms with Crippen LogP contribution in [-0.2, 0) is 0 Å². The van der Waals surface area contributed by atoms with Gasteiger partial charge < -0.3 is 5.73 Å². The fourth-order valence-electron chi connectivity index (χ4n) is 0.749. The molecule has 0 spiro atoms. The Kier molecular flexibility index (Phi) is 2.42. The molecule has 1 aromatic carbocycles. The average Bonchev–Trinajstić information content (AvgIpc) is 2.05. The summed E-state index contributed by atoms with van der Waals surface area (Å²) in [6.45, 7) is 0. The second-order valence-electron chi connectivity index (χ2n) is 2.15. The number of hydrogen-bond acceptors (Lipinski definition) is 2. The molecule has 0 heterocycles. The van der Waals surface area contributed by atoms with Gasteiger partial charge >= 0.3 is 6.03 Å². The van der Waals surface area contributed by atoms with Gasteiger partial charge in [-0.1, -0.05) is 24.3 Å². The SMILES string of the molecule is N=C(NC(N)=O)c1cc[c]cc1. The summed E-state index contributed by atoms with van der Waals surface area (Å²) in [7, 11) is 0. The highest BCUT2D eigenvalue weighted by Gasteiger charge is 2.00. The third-order valence-electron chi connectivity index (χ3n) is 1.26. The molecular formula is C8H8N3O. The number of amidine groups is 1. The van der Waals surface area contributed by atoms with Gasteiger partial charge in [-0.3, -0.25) is 10.7 Å². The summed E-state index contributed by atoms with van der Waals surface area (Å²) in [5.41, 5.74) is 5.44. The van der Waals surface area contributed by atoms with E-state index in [1.54, 1.807) is 24.3 Å². The third-order valence-corrected chi connectivity index (χ3v) is 1.26. The van der Waals surface area contributed by atoms with Crippen LogP contribution in [0.1, 0.15) is 5.56 Å². The van der Waals surface area contributed by atoms with E-state index in [0.29, 0.717) is 5.56 Å². The molecule has 1 radical (unpaired) electrons. The molecule has 0 aliphatic heterocycles. The van der Waals surface area contributed by atoms with Crippen molar-refractivity contribution < 1.29 is 4.79 Å². The number of rotatable bonds is 1. The van der Waals surface area contributed by atoms with Gasteiger partial charge in [0, 0.05) is 5.56 Å². The molecule has 0 aliphatic carbocycles. The first kappa shape index (κ1) is 8.26. The normalized spacial score (nSPS) is 9.00. The van der Waals surface area contributed by atoms with Gasteiger partial charge in [0.15, 0.2) is 0 Å². The average molecular weight is 162 g/mol. The van der Waals surface area contributed by atoms with Crippen LogP contribution in [-0.4, -0.2) is 11.9 Å². The number of nitrogens with two attached hydrogens (primary N) is 1. The fourth-order valence-corrected chi connectivity index (χ4v) is 0.749. The summed E-state index contributed by atoms with van der Waals surface area (Å²) in [5, 5.41) is 9.50. The fraction of sp³-hybridized carbons (Fsp3) is 0. The summed E-state index contributed by atoms with van der Waals surface area (Å²) in [5.74, 6) is -0.00324. The summed E-state index contributed by atoms with van der Waals surface area (Å²) in [6, 6.07) is 8.72. The molecule has 4 heteroatoms. The molecule has 1 aromatic rings. The van der Waals surface area contributed by atoms with E-state index in [1.807, 2.05) is 0 Å². The molecule has 0 bridgehead atoms. The van der Waals surface area contributed by atoms with Crippen LogP contribution in [0.4, 0.5) is 4.79 Å². The van der Waals surface area contributed by atoms with Gasteiger partial charge in [-0.2, -0.15) is 0 Å². The van der Waals surface area contributed by atoms with Crippen molar-refractivity contribution in [2.75, 3.05) is 0 Å². The third kappa shape index (κ3) is 2.09. The van der Waals surface area contributed by atoms with Crippen molar-refractivity contribution in [1.82, 2.24) is 5.32 Å². The number of carbonyl (C=O) groups is 1.